The van der Waals surface area contributed by atoms with Crippen molar-refractivity contribution in [2.45, 2.75) is 56.7 Å². The van der Waals surface area contributed by atoms with Crippen molar-refractivity contribution in [1.29, 1.82) is 0 Å². The highest BCUT2D eigenvalue weighted by molar-refractivity contribution is 6.02. The van der Waals surface area contributed by atoms with Gasteiger partial charge in [-0.05, 0) is 54.3 Å². The standard InChI is InChI=1S/C27H27FN2O3/c28-20-9-6-8-19(16-20)17-29-25(31)24-22-11-2-3-12-23(22)26(32)30(18-21-10-7-15-33-21)27(24)13-4-1-5-14-27/h2-3,6-12,15-16,24H,1,4-5,13-14,17-18H2,(H,29,31)/t24-/m0/s1. The van der Waals surface area contributed by atoms with Gasteiger partial charge in [0.2, 0.25) is 5.91 Å². The summed E-state index contributed by atoms with van der Waals surface area (Å²) in [7, 11) is 0. The highest BCUT2D eigenvalue weighted by atomic mass is 19.1. The molecule has 0 radical (unpaired) electrons. The molecule has 2 amide bonds. The van der Waals surface area contributed by atoms with Crippen molar-refractivity contribution in [2.24, 2.45) is 0 Å². The van der Waals surface area contributed by atoms with E-state index in [0.29, 0.717) is 23.4 Å². The van der Waals surface area contributed by atoms with E-state index in [0.717, 1.165) is 37.7 Å². The molecule has 1 aliphatic carbocycles. The van der Waals surface area contributed by atoms with Gasteiger partial charge in [-0.3, -0.25) is 9.59 Å². The molecule has 33 heavy (non-hydrogen) atoms. The number of amides is 2. The highest BCUT2D eigenvalue weighted by Gasteiger charge is 2.54. The average Bonchev–Trinajstić information content (AvgIpc) is 3.35. The molecule has 5 nitrogen and oxygen atoms in total. The lowest BCUT2D eigenvalue weighted by Gasteiger charge is -2.53. The summed E-state index contributed by atoms with van der Waals surface area (Å²) in [4.78, 5) is 29.4. The smallest absolute Gasteiger partial charge is 0.255 e. The number of carbonyl (C=O) groups is 2. The number of fused-ring (bicyclic) bond motifs is 1. The third kappa shape index (κ3) is 3.94. The van der Waals surface area contributed by atoms with E-state index in [9.17, 15) is 14.0 Å². The zero-order valence-electron chi connectivity index (χ0n) is 18.4. The fraction of sp³-hybridized carbons (Fsp3) is 0.333. The Morgan fingerprint density at radius 2 is 1.88 bits per heavy atom. The minimum Gasteiger partial charge on any atom is -0.467 e. The van der Waals surface area contributed by atoms with Gasteiger partial charge in [-0.2, -0.15) is 0 Å². The predicted octanol–water partition coefficient (Wildman–Crippen LogP) is 5.18. The van der Waals surface area contributed by atoms with Gasteiger partial charge in [0.25, 0.3) is 5.91 Å². The fourth-order valence-corrected chi connectivity index (χ4v) is 5.57. The minimum atomic E-state index is -0.623. The van der Waals surface area contributed by atoms with E-state index in [4.69, 9.17) is 4.42 Å². The Bertz CT molecular complexity index is 1150. The molecule has 2 heterocycles. The van der Waals surface area contributed by atoms with Gasteiger partial charge in [0.15, 0.2) is 0 Å². The van der Waals surface area contributed by atoms with Crippen molar-refractivity contribution in [2.75, 3.05) is 0 Å². The molecule has 0 bridgehead atoms. The Morgan fingerprint density at radius 1 is 1.06 bits per heavy atom. The number of hydrogen-bond donors (Lipinski definition) is 1. The summed E-state index contributed by atoms with van der Waals surface area (Å²) >= 11 is 0. The van der Waals surface area contributed by atoms with Crippen molar-refractivity contribution < 1.29 is 18.4 Å². The monoisotopic (exact) mass is 446 g/mol. The van der Waals surface area contributed by atoms with E-state index < -0.39 is 11.5 Å². The van der Waals surface area contributed by atoms with Crippen LogP contribution in [0.25, 0.3) is 0 Å². The normalized spacial score (nSPS) is 19.4. The molecule has 170 valence electrons. The Hall–Kier alpha value is -3.41. The topological polar surface area (TPSA) is 62.6 Å². The Kier molecular flexibility index (Phi) is 5.75. The molecule has 0 saturated heterocycles. The van der Waals surface area contributed by atoms with Gasteiger partial charge >= 0.3 is 0 Å². The zero-order chi connectivity index (χ0) is 22.8. The third-order valence-corrected chi connectivity index (χ3v) is 7.05. The first kappa shape index (κ1) is 21.4. The number of nitrogens with one attached hydrogen (secondary N) is 1. The number of hydrogen-bond acceptors (Lipinski definition) is 3. The molecule has 3 aromatic rings. The maximum absolute atomic E-state index is 13.8. The van der Waals surface area contributed by atoms with Crippen molar-refractivity contribution in [3.8, 4) is 0 Å². The molecule has 1 N–H and O–H groups in total. The van der Waals surface area contributed by atoms with E-state index >= 15 is 0 Å². The number of nitrogens with zero attached hydrogens (tertiary/aromatic N) is 1. The highest BCUT2D eigenvalue weighted by Crippen LogP contribution is 2.49. The van der Waals surface area contributed by atoms with Crippen LogP contribution in [0.4, 0.5) is 4.39 Å². The van der Waals surface area contributed by atoms with Crippen molar-refractivity contribution >= 4 is 11.8 Å². The van der Waals surface area contributed by atoms with E-state index in [-0.39, 0.29) is 24.2 Å². The number of benzene rings is 2. The van der Waals surface area contributed by atoms with Crippen LogP contribution < -0.4 is 5.32 Å². The van der Waals surface area contributed by atoms with Crippen LogP contribution in [-0.2, 0) is 17.9 Å². The molecule has 2 aliphatic rings. The summed E-state index contributed by atoms with van der Waals surface area (Å²) in [6, 6.07) is 17.4. The van der Waals surface area contributed by atoms with Crippen LogP contribution in [0.1, 0.15) is 65.3 Å². The second kappa shape index (κ2) is 8.85. The quantitative estimate of drug-likeness (QED) is 0.588. The first-order valence-electron chi connectivity index (χ1n) is 11.5. The minimum absolute atomic E-state index is 0.0573. The van der Waals surface area contributed by atoms with Gasteiger partial charge < -0.3 is 14.6 Å². The van der Waals surface area contributed by atoms with Crippen molar-refractivity contribution in [1.82, 2.24) is 10.2 Å². The van der Waals surface area contributed by atoms with Gasteiger partial charge in [-0.15, -0.1) is 0 Å². The van der Waals surface area contributed by atoms with Crippen LogP contribution in [0.2, 0.25) is 0 Å². The molecule has 1 fully saturated rings. The average molecular weight is 447 g/mol. The number of carbonyl (C=O) groups excluding carboxylic acids is 2. The third-order valence-electron chi connectivity index (χ3n) is 7.05. The maximum Gasteiger partial charge on any atom is 0.255 e. The van der Waals surface area contributed by atoms with Crippen LogP contribution in [-0.4, -0.2) is 22.3 Å². The van der Waals surface area contributed by atoms with Crippen molar-refractivity contribution in [3.05, 3.63) is 95.2 Å². The lowest BCUT2D eigenvalue weighted by Crippen LogP contribution is -2.62. The van der Waals surface area contributed by atoms with E-state index in [1.165, 1.54) is 12.1 Å². The zero-order valence-corrected chi connectivity index (χ0v) is 18.4. The molecule has 1 saturated carbocycles. The van der Waals surface area contributed by atoms with Crippen LogP contribution >= 0.6 is 0 Å². The molecule has 1 spiro atoms. The molecule has 1 aromatic heterocycles. The molecular weight excluding hydrogens is 419 g/mol. The molecular formula is C27H27FN2O3. The fourth-order valence-electron chi connectivity index (χ4n) is 5.57. The summed E-state index contributed by atoms with van der Waals surface area (Å²) in [5.41, 5.74) is 1.42. The summed E-state index contributed by atoms with van der Waals surface area (Å²) in [6.45, 7) is 0.561. The Balaban J connectivity index is 1.54. The number of halogens is 1. The lowest BCUT2D eigenvalue weighted by atomic mass is 9.65. The van der Waals surface area contributed by atoms with Gasteiger partial charge in [-0.1, -0.05) is 49.6 Å². The first-order valence-corrected chi connectivity index (χ1v) is 11.5. The molecule has 1 atom stereocenters. The van der Waals surface area contributed by atoms with Crippen LogP contribution in [0.15, 0.2) is 71.3 Å². The molecule has 0 unspecified atom stereocenters. The summed E-state index contributed by atoms with van der Waals surface area (Å²) in [5.74, 6) is -0.325. The van der Waals surface area contributed by atoms with Crippen LogP contribution in [0, 0.1) is 5.82 Å². The largest absolute Gasteiger partial charge is 0.467 e. The van der Waals surface area contributed by atoms with Gasteiger partial charge in [0, 0.05) is 12.1 Å². The summed E-state index contributed by atoms with van der Waals surface area (Å²) < 4.78 is 19.2. The summed E-state index contributed by atoms with van der Waals surface area (Å²) in [5, 5.41) is 3.04. The Labute approximate surface area is 192 Å². The first-order chi connectivity index (χ1) is 16.1. The van der Waals surface area contributed by atoms with E-state index in [2.05, 4.69) is 5.32 Å². The van der Waals surface area contributed by atoms with E-state index in [1.807, 2.05) is 35.2 Å². The molecule has 2 aromatic carbocycles. The number of rotatable bonds is 5. The lowest BCUT2D eigenvalue weighted by molar-refractivity contribution is -0.127. The predicted molar refractivity (Wildman–Crippen MR) is 122 cm³/mol. The van der Waals surface area contributed by atoms with Gasteiger partial charge in [0.1, 0.15) is 11.6 Å². The second-order valence-corrected chi connectivity index (χ2v) is 9.00. The van der Waals surface area contributed by atoms with Crippen molar-refractivity contribution in [3.63, 3.8) is 0 Å². The number of furan rings is 1. The molecule has 6 heteroatoms. The Morgan fingerprint density at radius 3 is 2.64 bits per heavy atom. The second-order valence-electron chi connectivity index (χ2n) is 9.00. The SMILES string of the molecule is O=C(NCc1cccc(F)c1)[C@@H]1c2ccccc2C(=O)N(Cc2ccco2)C12CCCCC2. The van der Waals surface area contributed by atoms with Crippen LogP contribution in [0.3, 0.4) is 0 Å². The van der Waals surface area contributed by atoms with E-state index in [1.54, 1.807) is 24.5 Å². The van der Waals surface area contributed by atoms with Gasteiger partial charge in [0.05, 0.1) is 24.3 Å². The summed E-state index contributed by atoms with van der Waals surface area (Å²) in [6.07, 6.45) is 6.12. The molecule has 1 aliphatic heterocycles. The maximum atomic E-state index is 13.8. The van der Waals surface area contributed by atoms with Crippen LogP contribution in [0.5, 0.6) is 0 Å². The van der Waals surface area contributed by atoms with Gasteiger partial charge in [-0.25, -0.2) is 4.39 Å². The molecule has 5 rings (SSSR count).